The number of hydrogen-bond donors (Lipinski definition) is 2. The fourth-order valence-electron chi connectivity index (χ4n) is 5.03. The van der Waals surface area contributed by atoms with E-state index in [0.717, 1.165) is 42.0 Å². The zero-order valence-electron chi connectivity index (χ0n) is 17.3. The van der Waals surface area contributed by atoms with Crippen LogP contribution in [0.15, 0.2) is 71.1 Å². The van der Waals surface area contributed by atoms with Crippen molar-refractivity contribution in [3.8, 4) is 22.6 Å². The maximum Gasteiger partial charge on any atom is 0.287 e. The highest BCUT2D eigenvalue weighted by atomic mass is 16.3. The van der Waals surface area contributed by atoms with Gasteiger partial charge in [0.05, 0.1) is 0 Å². The summed E-state index contributed by atoms with van der Waals surface area (Å²) in [5, 5.41) is 4.40. The Bertz CT molecular complexity index is 1200. The number of amides is 1. The van der Waals surface area contributed by atoms with Gasteiger partial charge in [-0.1, -0.05) is 42.5 Å². The van der Waals surface area contributed by atoms with Gasteiger partial charge in [0.25, 0.3) is 5.91 Å². The molecule has 3 saturated heterocycles. The van der Waals surface area contributed by atoms with Crippen LogP contribution < -0.4 is 5.32 Å². The summed E-state index contributed by atoms with van der Waals surface area (Å²) >= 11 is 0. The lowest BCUT2D eigenvalue weighted by atomic mass is 9.84. The van der Waals surface area contributed by atoms with Gasteiger partial charge in [-0.15, -0.1) is 0 Å². The summed E-state index contributed by atoms with van der Waals surface area (Å²) in [6.45, 7) is 3.28. The van der Waals surface area contributed by atoms with E-state index >= 15 is 0 Å². The second-order valence-corrected chi connectivity index (χ2v) is 8.73. The summed E-state index contributed by atoms with van der Waals surface area (Å²) in [7, 11) is 0. The van der Waals surface area contributed by atoms with Gasteiger partial charge in [-0.3, -0.25) is 4.79 Å². The topological polar surface area (TPSA) is 61.3 Å². The zero-order valence-corrected chi connectivity index (χ0v) is 17.3. The summed E-state index contributed by atoms with van der Waals surface area (Å²) in [5.41, 5.74) is 4.30. The maximum atomic E-state index is 12.7. The highest BCUT2D eigenvalue weighted by Crippen LogP contribution is 2.30. The second kappa shape index (κ2) is 7.43. The van der Waals surface area contributed by atoms with E-state index in [9.17, 15) is 4.79 Å². The average molecular weight is 412 g/mol. The van der Waals surface area contributed by atoms with E-state index in [0.29, 0.717) is 17.4 Å². The Morgan fingerprint density at radius 2 is 1.74 bits per heavy atom. The molecular formula is C26H25N3O2. The number of nitrogens with zero attached hydrogens (tertiary/aromatic N) is 1. The minimum atomic E-state index is -0.111. The van der Waals surface area contributed by atoms with Crippen LogP contribution in [0.3, 0.4) is 0 Å². The number of carbonyl (C=O) groups excluding carboxylic acids is 1. The minimum absolute atomic E-state index is 0.111. The van der Waals surface area contributed by atoms with Crippen LogP contribution in [0.2, 0.25) is 0 Å². The lowest BCUT2D eigenvalue weighted by Gasteiger charge is -2.44. The number of aromatic amines is 1. The first-order valence-electron chi connectivity index (χ1n) is 11.0. The number of furan rings is 1. The molecule has 2 N–H and O–H groups in total. The van der Waals surface area contributed by atoms with E-state index in [-0.39, 0.29) is 11.9 Å². The smallest absolute Gasteiger partial charge is 0.287 e. The molecule has 0 aliphatic carbocycles. The molecule has 0 radical (unpaired) electrons. The van der Waals surface area contributed by atoms with E-state index in [4.69, 9.17) is 4.42 Å². The van der Waals surface area contributed by atoms with Crippen molar-refractivity contribution in [2.75, 3.05) is 19.6 Å². The predicted octanol–water partition coefficient (Wildman–Crippen LogP) is 4.92. The van der Waals surface area contributed by atoms with Crippen molar-refractivity contribution in [1.82, 2.24) is 15.2 Å². The minimum Gasteiger partial charge on any atom is -0.451 e. The molecule has 0 saturated carbocycles. The number of carbonyl (C=O) groups is 1. The number of H-pyrrole nitrogens is 1. The normalized spacial score (nSPS) is 22.6. The van der Waals surface area contributed by atoms with Gasteiger partial charge in [0.2, 0.25) is 0 Å². The lowest BCUT2D eigenvalue weighted by Crippen LogP contribution is -2.57. The molecule has 1 atom stereocenters. The zero-order chi connectivity index (χ0) is 20.8. The van der Waals surface area contributed by atoms with Gasteiger partial charge in [0, 0.05) is 34.7 Å². The Labute approximate surface area is 181 Å². The summed E-state index contributed by atoms with van der Waals surface area (Å²) < 4.78 is 5.91. The maximum absolute atomic E-state index is 12.7. The molecule has 5 heterocycles. The number of benzene rings is 2. The largest absolute Gasteiger partial charge is 0.451 e. The Kier molecular flexibility index (Phi) is 4.42. The van der Waals surface area contributed by atoms with Crippen LogP contribution in [-0.4, -0.2) is 41.5 Å². The van der Waals surface area contributed by atoms with E-state index in [2.05, 4.69) is 45.5 Å². The van der Waals surface area contributed by atoms with Crippen molar-refractivity contribution < 1.29 is 9.21 Å². The van der Waals surface area contributed by atoms with E-state index in [1.807, 2.05) is 30.3 Å². The van der Waals surface area contributed by atoms with Crippen molar-refractivity contribution in [2.45, 2.75) is 18.9 Å². The molecule has 3 fully saturated rings. The van der Waals surface area contributed by atoms with Gasteiger partial charge in [-0.2, -0.15) is 0 Å². The fraction of sp³-hybridized carbons (Fsp3) is 0.269. The van der Waals surface area contributed by atoms with Gasteiger partial charge in [-0.05, 0) is 61.7 Å². The number of piperidine rings is 3. The number of fused-ring (bicyclic) bond motifs is 4. The second-order valence-electron chi connectivity index (χ2n) is 8.73. The van der Waals surface area contributed by atoms with Crippen molar-refractivity contribution in [3.05, 3.63) is 72.5 Å². The summed E-state index contributed by atoms with van der Waals surface area (Å²) in [6, 6.07) is 22.5. The van der Waals surface area contributed by atoms with E-state index in [1.165, 1.54) is 18.2 Å². The summed E-state index contributed by atoms with van der Waals surface area (Å²) in [4.78, 5) is 18.6. The van der Waals surface area contributed by atoms with Crippen molar-refractivity contribution >= 4 is 16.8 Å². The molecule has 3 aliphatic rings. The molecule has 4 aromatic rings. The third-order valence-electron chi connectivity index (χ3n) is 6.81. The van der Waals surface area contributed by atoms with Crippen molar-refractivity contribution in [3.63, 3.8) is 0 Å². The molecule has 156 valence electrons. The van der Waals surface area contributed by atoms with Crippen LogP contribution >= 0.6 is 0 Å². The number of rotatable bonds is 4. The summed E-state index contributed by atoms with van der Waals surface area (Å²) in [5.74, 6) is 1.58. The number of nitrogens with one attached hydrogen (secondary N) is 2. The molecule has 3 aliphatic heterocycles. The Balaban J connectivity index is 1.17. The standard InChI is InChI=1S/C26H25N3O2/c30-26(28-23-16-29-13-11-18(23)12-14-29)25-10-9-24(31-25)19-7-5-17(6-8-19)22-15-20-3-1-2-4-21(20)27-22/h1-10,15,18,23,27H,11-14,16H2,(H,28,30)/t23-/m0/s1. The Morgan fingerprint density at radius 3 is 2.48 bits per heavy atom. The molecule has 0 unspecified atom stereocenters. The van der Waals surface area contributed by atoms with Gasteiger partial charge in [0.1, 0.15) is 5.76 Å². The molecule has 0 spiro atoms. The number of aromatic nitrogens is 1. The predicted molar refractivity (Wildman–Crippen MR) is 122 cm³/mol. The first-order valence-corrected chi connectivity index (χ1v) is 11.0. The van der Waals surface area contributed by atoms with Gasteiger partial charge < -0.3 is 19.6 Å². The third-order valence-corrected chi connectivity index (χ3v) is 6.81. The Morgan fingerprint density at radius 1 is 0.968 bits per heavy atom. The third kappa shape index (κ3) is 3.45. The molecule has 1 amide bonds. The van der Waals surface area contributed by atoms with Crippen molar-refractivity contribution in [2.24, 2.45) is 5.92 Å². The first-order chi connectivity index (χ1) is 15.2. The molecule has 7 rings (SSSR count). The molecular weight excluding hydrogens is 386 g/mol. The lowest BCUT2D eigenvalue weighted by molar-refractivity contribution is 0.0606. The summed E-state index contributed by atoms with van der Waals surface area (Å²) in [6.07, 6.45) is 2.36. The molecule has 2 aromatic carbocycles. The van der Waals surface area contributed by atoms with E-state index in [1.54, 1.807) is 6.07 Å². The monoisotopic (exact) mass is 411 g/mol. The van der Waals surface area contributed by atoms with Crippen LogP contribution in [0.1, 0.15) is 23.4 Å². The van der Waals surface area contributed by atoms with Crippen LogP contribution in [0.25, 0.3) is 33.5 Å². The van der Waals surface area contributed by atoms with Crippen molar-refractivity contribution in [1.29, 1.82) is 0 Å². The number of para-hydroxylation sites is 1. The highest BCUT2D eigenvalue weighted by molar-refractivity contribution is 5.92. The Hall–Kier alpha value is -3.31. The first kappa shape index (κ1) is 18.5. The fourth-order valence-corrected chi connectivity index (χ4v) is 5.03. The van der Waals surface area contributed by atoms with Crippen LogP contribution in [0.5, 0.6) is 0 Å². The quantitative estimate of drug-likeness (QED) is 0.501. The molecule has 31 heavy (non-hydrogen) atoms. The molecule has 5 heteroatoms. The highest BCUT2D eigenvalue weighted by Gasteiger charge is 2.35. The molecule has 5 nitrogen and oxygen atoms in total. The van der Waals surface area contributed by atoms with Gasteiger partial charge in [-0.25, -0.2) is 0 Å². The molecule has 2 aromatic heterocycles. The SMILES string of the molecule is O=C(N[C@H]1CN2CCC1CC2)c1ccc(-c2ccc(-c3cc4ccccc4[nH]3)cc2)o1. The average Bonchev–Trinajstić information content (AvgIpc) is 3.48. The van der Waals surface area contributed by atoms with Crippen LogP contribution in [0, 0.1) is 5.92 Å². The van der Waals surface area contributed by atoms with Crippen LogP contribution in [-0.2, 0) is 0 Å². The number of hydrogen-bond acceptors (Lipinski definition) is 3. The molecule has 2 bridgehead atoms. The van der Waals surface area contributed by atoms with E-state index < -0.39 is 0 Å². The van der Waals surface area contributed by atoms with Gasteiger partial charge in [0.15, 0.2) is 5.76 Å². The van der Waals surface area contributed by atoms with Gasteiger partial charge >= 0.3 is 0 Å². The van der Waals surface area contributed by atoms with Crippen LogP contribution in [0.4, 0.5) is 0 Å².